The van der Waals surface area contributed by atoms with E-state index in [-0.39, 0.29) is 12.6 Å². The van der Waals surface area contributed by atoms with Crippen LogP contribution in [0.15, 0.2) is 0 Å². The van der Waals surface area contributed by atoms with Crippen LogP contribution >= 0.6 is 11.6 Å². The van der Waals surface area contributed by atoms with E-state index >= 15 is 0 Å². The molecule has 0 aromatic rings. The van der Waals surface area contributed by atoms with Gasteiger partial charge in [0.2, 0.25) is 0 Å². The molecule has 0 aliphatic heterocycles. The maximum Gasteiger partial charge on any atom is 0.407 e. The molecule has 19 heavy (non-hydrogen) atoms. The first-order chi connectivity index (χ1) is 8.70. The minimum absolute atomic E-state index is 0.171. The van der Waals surface area contributed by atoms with Crippen molar-refractivity contribution in [3.8, 4) is 0 Å². The van der Waals surface area contributed by atoms with Crippen molar-refractivity contribution in [2.75, 3.05) is 12.6 Å². The molecular formula is C13H24ClNO4. The average molecular weight is 294 g/mol. The molecule has 0 heterocycles. The number of amides is 1. The topological polar surface area (TPSA) is 64.6 Å². The lowest BCUT2D eigenvalue weighted by molar-refractivity contribution is -0.154. The fraction of sp³-hybridized carbons (Fsp3) is 0.846. The largest absolute Gasteiger partial charge is 0.449 e. The van der Waals surface area contributed by atoms with Gasteiger partial charge in [-0.1, -0.05) is 25.4 Å². The normalized spacial score (nSPS) is 11.9. The zero-order valence-electron chi connectivity index (χ0n) is 12.3. The van der Waals surface area contributed by atoms with Crippen molar-refractivity contribution in [2.24, 2.45) is 5.41 Å². The molecule has 0 saturated carbocycles. The number of hydrogen-bond donors (Lipinski definition) is 1. The summed E-state index contributed by atoms with van der Waals surface area (Å²) in [5, 5.41) is 2.62. The Hall–Kier alpha value is -0.970. The number of alkyl carbamates (subject to hydrolysis) is 1. The number of halogens is 1. The molecule has 1 N–H and O–H groups in total. The second-order valence-electron chi connectivity index (χ2n) is 5.38. The highest BCUT2D eigenvalue weighted by Gasteiger charge is 2.37. The second-order valence-corrected chi connectivity index (χ2v) is 5.60. The maximum absolute atomic E-state index is 11.9. The monoisotopic (exact) mass is 293 g/mol. The first-order valence-corrected chi connectivity index (χ1v) is 6.94. The van der Waals surface area contributed by atoms with Gasteiger partial charge in [0.15, 0.2) is 6.07 Å². The summed E-state index contributed by atoms with van der Waals surface area (Å²) in [7, 11) is 0. The van der Waals surface area contributed by atoms with Crippen LogP contribution < -0.4 is 5.32 Å². The van der Waals surface area contributed by atoms with Crippen molar-refractivity contribution in [1.82, 2.24) is 5.32 Å². The molecule has 0 bridgehead atoms. The molecule has 0 aromatic carbocycles. The molecule has 0 aromatic heterocycles. The lowest BCUT2D eigenvalue weighted by atomic mass is 9.82. The molecule has 1 amide bonds. The Kier molecular flexibility index (Phi) is 7.19. The zero-order valence-corrected chi connectivity index (χ0v) is 13.1. The highest BCUT2D eigenvalue weighted by Crippen LogP contribution is 2.27. The van der Waals surface area contributed by atoms with Gasteiger partial charge < -0.3 is 14.8 Å². The smallest absolute Gasteiger partial charge is 0.407 e. The molecule has 0 aliphatic carbocycles. The van der Waals surface area contributed by atoms with Crippen LogP contribution in [0.5, 0.6) is 0 Å². The Labute approximate surface area is 120 Å². The van der Waals surface area contributed by atoms with Crippen LogP contribution in [0.3, 0.4) is 0 Å². The predicted molar refractivity (Wildman–Crippen MR) is 74.1 cm³/mol. The molecule has 6 heteroatoms. The molecule has 0 fully saturated rings. The molecule has 0 radical (unpaired) electrons. The van der Waals surface area contributed by atoms with Crippen LogP contribution in [0.2, 0.25) is 0 Å². The molecule has 5 nitrogen and oxygen atoms in total. The van der Waals surface area contributed by atoms with Crippen molar-refractivity contribution in [2.45, 2.75) is 53.1 Å². The molecule has 0 unspecified atom stereocenters. The summed E-state index contributed by atoms with van der Waals surface area (Å²) in [6.45, 7) is 9.25. The van der Waals surface area contributed by atoms with Gasteiger partial charge >= 0.3 is 12.1 Å². The Morgan fingerprint density at radius 1 is 1.16 bits per heavy atom. The highest BCUT2D eigenvalue weighted by atomic mass is 35.5. The van der Waals surface area contributed by atoms with E-state index in [4.69, 9.17) is 21.1 Å². The van der Waals surface area contributed by atoms with Gasteiger partial charge in [-0.15, -0.1) is 0 Å². The number of hydrogen-bond acceptors (Lipinski definition) is 4. The lowest BCUT2D eigenvalue weighted by Gasteiger charge is -2.29. The summed E-state index contributed by atoms with van der Waals surface area (Å²) in [5.74, 6) is -0.399. The molecule has 112 valence electrons. The predicted octanol–water partition coefficient (Wildman–Crippen LogP) is 3.06. The van der Waals surface area contributed by atoms with Crippen LogP contribution in [0.4, 0.5) is 4.79 Å². The minimum Gasteiger partial charge on any atom is -0.449 e. The second kappa shape index (κ2) is 7.58. The van der Waals surface area contributed by atoms with Gasteiger partial charge in [0, 0.05) is 6.54 Å². The van der Waals surface area contributed by atoms with Gasteiger partial charge in [0.25, 0.3) is 0 Å². The van der Waals surface area contributed by atoms with Crippen LogP contribution in [-0.2, 0) is 14.3 Å². The Bertz CT molecular complexity index is 308. The first kappa shape index (κ1) is 18.0. The van der Waals surface area contributed by atoms with Crippen molar-refractivity contribution in [3.63, 3.8) is 0 Å². The van der Waals surface area contributed by atoms with E-state index in [1.807, 2.05) is 13.8 Å². The minimum atomic E-state index is -0.758. The van der Waals surface area contributed by atoms with Crippen molar-refractivity contribution >= 4 is 23.7 Å². The summed E-state index contributed by atoms with van der Waals surface area (Å²) >= 11 is 5.41. The first-order valence-electron chi connectivity index (χ1n) is 6.40. The summed E-state index contributed by atoms with van der Waals surface area (Å²) < 4.78 is 9.99. The molecular weight excluding hydrogens is 270 g/mol. The molecule has 0 spiro atoms. The summed E-state index contributed by atoms with van der Waals surface area (Å²) in [5.41, 5.74) is -1.33. The summed E-state index contributed by atoms with van der Waals surface area (Å²) in [6, 6.07) is -0.187. The van der Waals surface area contributed by atoms with Crippen LogP contribution in [0.25, 0.3) is 0 Å². The molecule has 0 aliphatic rings. The lowest BCUT2D eigenvalue weighted by Crippen LogP contribution is -2.44. The standard InChI is InChI=1S/C13H24ClNO4/c1-6-13(7-2,10(16)18-9-14)8-15-11(17)19-12(3,4)5/h6-9H2,1-5H3,(H,15,17). The Balaban J connectivity index is 4.60. The third-order valence-corrected chi connectivity index (χ3v) is 3.05. The van der Waals surface area contributed by atoms with E-state index in [1.165, 1.54) is 0 Å². The van der Waals surface area contributed by atoms with Crippen molar-refractivity contribution < 1.29 is 19.1 Å². The van der Waals surface area contributed by atoms with Gasteiger partial charge in [0.05, 0.1) is 5.41 Å². The summed E-state index contributed by atoms with van der Waals surface area (Å²) in [6.07, 6.45) is 0.557. The van der Waals surface area contributed by atoms with E-state index in [1.54, 1.807) is 20.8 Å². The number of esters is 1. The fourth-order valence-electron chi connectivity index (χ4n) is 1.62. The van der Waals surface area contributed by atoms with Gasteiger partial charge in [-0.05, 0) is 33.6 Å². The van der Waals surface area contributed by atoms with Crippen LogP contribution in [0.1, 0.15) is 47.5 Å². The number of rotatable bonds is 6. The van der Waals surface area contributed by atoms with Gasteiger partial charge in [-0.3, -0.25) is 4.79 Å². The van der Waals surface area contributed by atoms with Crippen LogP contribution in [-0.4, -0.2) is 30.3 Å². The fourth-order valence-corrected chi connectivity index (χ4v) is 1.72. The number of carbonyl (C=O) groups excluding carboxylic acids is 2. The number of carbonyl (C=O) groups is 2. The maximum atomic E-state index is 11.9. The third kappa shape index (κ3) is 6.14. The van der Waals surface area contributed by atoms with E-state index < -0.39 is 23.1 Å². The number of alkyl halides is 1. The van der Waals surface area contributed by atoms with E-state index in [9.17, 15) is 9.59 Å². The summed E-state index contributed by atoms with van der Waals surface area (Å²) in [4.78, 5) is 23.5. The zero-order chi connectivity index (χ0) is 15.1. The van der Waals surface area contributed by atoms with E-state index in [2.05, 4.69) is 5.32 Å². The van der Waals surface area contributed by atoms with Crippen molar-refractivity contribution in [3.05, 3.63) is 0 Å². The van der Waals surface area contributed by atoms with Crippen molar-refractivity contribution in [1.29, 1.82) is 0 Å². The number of nitrogens with one attached hydrogen (secondary N) is 1. The van der Waals surface area contributed by atoms with E-state index in [0.29, 0.717) is 12.8 Å². The third-order valence-electron chi connectivity index (χ3n) is 2.94. The molecule has 0 rings (SSSR count). The number of ether oxygens (including phenoxy) is 2. The Morgan fingerprint density at radius 2 is 1.68 bits per heavy atom. The van der Waals surface area contributed by atoms with E-state index in [0.717, 1.165) is 0 Å². The molecule has 0 saturated heterocycles. The molecule has 0 atom stereocenters. The SMILES string of the molecule is CCC(CC)(CNC(=O)OC(C)(C)C)C(=O)OCCl. The highest BCUT2D eigenvalue weighted by molar-refractivity contribution is 6.17. The average Bonchev–Trinajstić information content (AvgIpc) is 2.29. The van der Waals surface area contributed by atoms with Gasteiger partial charge in [-0.2, -0.15) is 0 Å². The van der Waals surface area contributed by atoms with Gasteiger partial charge in [0.1, 0.15) is 5.60 Å². The van der Waals surface area contributed by atoms with Crippen LogP contribution in [0, 0.1) is 5.41 Å². The Morgan fingerprint density at radius 3 is 2.05 bits per heavy atom. The van der Waals surface area contributed by atoms with Gasteiger partial charge in [-0.25, -0.2) is 4.79 Å². The quantitative estimate of drug-likeness (QED) is 0.604.